The SMILES string of the molecule is Nc1c2c(-c3ccccc3)nc(NCc3cccc(F)c3)nc2nn1-c1ccccc1. The van der Waals surface area contributed by atoms with Crippen LogP contribution in [0.1, 0.15) is 5.56 Å². The summed E-state index contributed by atoms with van der Waals surface area (Å²) in [5, 5.41) is 8.51. The van der Waals surface area contributed by atoms with E-state index < -0.39 is 0 Å². The second kappa shape index (κ2) is 7.87. The van der Waals surface area contributed by atoms with Crippen molar-refractivity contribution in [3.63, 3.8) is 0 Å². The monoisotopic (exact) mass is 410 g/mol. The Balaban J connectivity index is 1.62. The molecule has 152 valence electrons. The van der Waals surface area contributed by atoms with Gasteiger partial charge in [0, 0.05) is 12.1 Å². The molecule has 0 saturated carbocycles. The molecule has 0 spiro atoms. The van der Waals surface area contributed by atoms with Crippen molar-refractivity contribution < 1.29 is 4.39 Å². The summed E-state index contributed by atoms with van der Waals surface area (Å²) in [5.41, 5.74) is 10.2. The molecule has 3 N–H and O–H groups in total. The fourth-order valence-electron chi connectivity index (χ4n) is 3.49. The molecule has 31 heavy (non-hydrogen) atoms. The van der Waals surface area contributed by atoms with Gasteiger partial charge in [-0.3, -0.25) is 0 Å². The molecule has 0 amide bonds. The molecular weight excluding hydrogens is 391 g/mol. The van der Waals surface area contributed by atoms with Gasteiger partial charge in [-0.1, -0.05) is 60.7 Å². The zero-order chi connectivity index (χ0) is 21.2. The molecule has 5 aromatic rings. The first-order chi connectivity index (χ1) is 15.2. The zero-order valence-corrected chi connectivity index (χ0v) is 16.5. The van der Waals surface area contributed by atoms with Crippen LogP contribution >= 0.6 is 0 Å². The van der Waals surface area contributed by atoms with Crippen LogP contribution in [0.4, 0.5) is 16.2 Å². The number of halogens is 1. The molecule has 0 bridgehead atoms. The van der Waals surface area contributed by atoms with E-state index in [1.165, 1.54) is 12.1 Å². The van der Waals surface area contributed by atoms with Crippen molar-refractivity contribution in [3.05, 3.63) is 96.3 Å². The lowest BCUT2D eigenvalue weighted by Crippen LogP contribution is -2.05. The van der Waals surface area contributed by atoms with E-state index in [1.807, 2.05) is 66.7 Å². The first-order valence-corrected chi connectivity index (χ1v) is 9.84. The summed E-state index contributed by atoms with van der Waals surface area (Å²) in [6.07, 6.45) is 0. The predicted octanol–water partition coefficient (Wildman–Crippen LogP) is 4.82. The number of hydrogen-bond donors (Lipinski definition) is 2. The molecule has 0 aliphatic rings. The van der Waals surface area contributed by atoms with Gasteiger partial charge in [0.15, 0.2) is 5.65 Å². The summed E-state index contributed by atoms with van der Waals surface area (Å²) >= 11 is 0. The van der Waals surface area contributed by atoms with Gasteiger partial charge in [-0.2, -0.15) is 4.98 Å². The van der Waals surface area contributed by atoms with Crippen molar-refractivity contribution in [2.75, 3.05) is 11.1 Å². The summed E-state index contributed by atoms with van der Waals surface area (Å²) in [6.45, 7) is 0.381. The van der Waals surface area contributed by atoms with Crippen LogP contribution in [0.25, 0.3) is 28.0 Å². The summed E-state index contributed by atoms with van der Waals surface area (Å²) in [4.78, 5) is 9.31. The highest BCUT2D eigenvalue weighted by molar-refractivity contribution is 5.99. The molecular formula is C24H19FN6. The van der Waals surface area contributed by atoms with Crippen LogP contribution in [0.3, 0.4) is 0 Å². The molecule has 3 aromatic carbocycles. The number of nitrogens with zero attached hydrogens (tertiary/aromatic N) is 4. The molecule has 7 heteroatoms. The highest BCUT2D eigenvalue weighted by atomic mass is 19.1. The lowest BCUT2D eigenvalue weighted by Gasteiger charge is -2.09. The van der Waals surface area contributed by atoms with E-state index in [0.29, 0.717) is 35.0 Å². The van der Waals surface area contributed by atoms with E-state index in [-0.39, 0.29) is 5.82 Å². The number of anilines is 2. The van der Waals surface area contributed by atoms with E-state index in [4.69, 9.17) is 10.7 Å². The standard InChI is InChI=1S/C24H19FN6/c25-18-11-7-8-16(14-18)15-27-24-28-21(17-9-3-1-4-10-17)20-22(26)31(30-23(20)29-24)19-12-5-2-6-13-19/h1-14H,15,26H2,(H,27,29,30). The van der Waals surface area contributed by atoms with E-state index >= 15 is 0 Å². The third-order valence-corrected chi connectivity index (χ3v) is 4.96. The number of fused-ring (bicyclic) bond motifs is 1. The van der Waals surface area contributed by atoms with E-state index in [2.05, 4.69) is 15.4 Å². The van der Waals surface area contributed by atoms with Crippen LogP contribution in [-0.4, -0.2) is 19.7 Å². The van der Waals surface area contributed by atoms with Gasteiger partial charge in [0.2, 0.25) is 5.95 Å². The molecule has 0 atom stereocenters. The molecule has 0 unspecified atom stereocenters. The number of hydrogen-bond acceptors (Lipinski definition) is 5. The average Bonchev–Trinajstić information content (AvgIpc) is 3.15. The first kappa shape index (κ1) is 18.7. The highest BCUT2D eigenvalue weighted by Crippen LogP contribution is 2.32. The quantitative estimate of drug-likeness (QED) is 0.434. The second-order valence-electron chi connectivity index (χ2n) is 7.08. The number of aromatic nitrogens is 4. The van der Waals surface area contributed by atoms with Crippen molar-refractivity contribution in [2.24, 2.45) is 0 Å². The third-order valence-electron chi connectivity index (χ3n) is 4.96. The van der Waals surface area contributed by atoms with Gasteiger partial charge in [-0.25, -0.2) is 14.1 Å². The van der Waals surface area contributed by atoms with Crippen molar-refractivity contribution in [1.82, 2.24) is 19.7 Å². The Morgan fingerprint density at radius 2 is 1.61 bits per heavy atom. The van der Waals surface area contributed by atoms with Gasteiger partial charge in [-0.15, -0.1) is 5.10 Å². The molecule has 2 heterocycles. The fourth-order valence-corrected chi connectivity index (χ4v) is 3.49. The van der Waals surface area contributed by atoms with Gasteiger partial charge in [0.1, 0.15) is 11.6 Å². The van der Waals surface area contributed by atoms with Gasteiger partial charge < -0.3 is 11.1 Å². The van der Waals surface area contributed by atoms with Crippen LogP contribution in [0.2, 0.25) is 0 Å². The lowest BCUT2D eigenvalue weighted by atomic mass is 10.1. The fraction of sp³-hybridized carbons (Fsp3) is 0.0417. The third kappa shape index (κ3) is 3.69. The smallest absolute Gasteiger partial charge is 0.225 e. The van der Waals surface area contributed by atoms with Gasteiger partial charge in [0.05, 0.1) is 16.8 Å². The number of benzene rings is 3. The Bertz CT molecular complexity index is 1350. The van der Waals surface area contributed by atoms with E-state index in [0.717, 1.165) is 16.8 Å². The molecule has 0 aliphatic heterocycles. The molecule has 2 aromatic heterocycles. The summed E-state index contributed by atoms with van der Waals surface area (Å²) in [6, 6.07) is 25.8. The van der Waals surface area contributed by atoms with Crippen LogP contribution < -0.4 is 11.1 Å². The van der Waals surface area contributed by atoms with Crippen LogP contribution in [0.5, 0.6) is 0 Å². The van der Waals surface area contributed by atoms with Crippen LogP contribution in [0, 0.1) is 5.82 Å². The van der Waals surface area contributed by atoms with Crippen LogP contribution in [-0.2, 0) is 6.54 Å². The van der Waals surface area contributed by atoms with E-state index in [9.17, 15) is 4.39 Å². The summed E-state index contributed by atoms with van der Waals surface area (Å²) < 4.78 is 15.2. The summed E-state index contributed by atoms with van der Waals surface area (Å²) in [7, 11) is 0. The molecule has 0 radical (unpaired) electrons. The van der Waals surface area contributed by atoms with Gasteiger partial charge in [-0.05, 0) is 29.8 Å². The number of rotatable bonds is 5. The Hall–Kier alpha value is -4.26. The minimum atomic E-state index is -0.282. The maximum atomic E-state index is 13.5. The van der Waals surface area contributed by atoms with Crippen molar-refractivity contribution in [1.29, 1.82) is 0 Å². The van der Waals surface area contributed by atoms with Crippen molar-refractivity contribution in [2.45, 2.75) is 6.54 Å². The van der Waals surface area contributed by atoms with Gasteiger partial charge >= 0.3 is 0 Å². The molecule has 0 fully saturated rings. The first-order valence-electron chi connectivity index (χ1n) is 9.84. The minimum absolute atomic E-state index is 0.282. The van der Waals surface area contributed by atoms with E-state index in [1.54, 1.807) is 10.7 Å². The van der Waals surface area contributed by atoms with Crippen molar-refractivity contribution >= 4 is 22.8 Å². The van der Waals surface area contributed by atoms with Crippen molar-refractivity contribution in [3.8, 4) is 16.9 Å². The number of nitrogens with two attached hydrogens (primary N) is 1. The Morgan fingerprint density at radius 1 is 0.871 bits per heavy atom. The molecule has 0 aliphatic carbocycles. The molecule has 0 saturated heterocycles. The minimum Gasteiger partial charge on any atom is -0.383 e. The largest absolute Gasteiger partial charge is 0.383 e. The molecule has 6 nitrogen and oxygen atoms in total. The number of nitrogen functional groups attached to an aromatic ring is 1. The normalized spacial score (nSPS) is 11.0. The maximum Gasteiger partial charge on any atom is 0.225 e. The summed E-state index contributed by atoms with van der Waals surface area (Å²) in [5.74, 6) is 0.583. The zero-order valence-electron chi connectivity index (χ0n) is 16.5. The number of para-hydroxylation sites is 1. The second-order valence-corrected chi connectivity index (χ2v) is 7.08. The highest BCUT2D eigenvalue weighted by Gasteiger charge is 2.19. The average molecular weight is 410 g/mol. The Labute approximate surface area is 178 Å². The Kier molecular flexibility index (Phi) is 4.76. The topological polar surface area (TPSA) is 81.7 Å². The lowest BCUT2D eigenvalue weighted by molar-refractivity contribution is 0.626. The molecule has 5 rings (SSSR count). The maximum absolute atomic E-state index is 13.5. The predicted molar refractivity (Wildman–Crippen MR) is 120 cm³/mol. The Morgan fingerprint density at radius 3 is 2.35 bits per heavy atom. The van der Waals surface area contributed by atoms with Crippen LogP contribution in [0.15, 0.2) is 84.9 Å². The van der Waals surface area contributed by atoms with Gasteiger partial charge in [0.25, 0.3) is 0 Å². The number of nitrogens with one attached hydrogen (secondary N) is 1.